The Kier molecular flexibility index (Phi) is 6.87. The molecule has 3 N–H and O–H groups in total. The molecular formula is C18H21ClN4O3. The molecule has 0 saturated carbocycles. The summed E-state index contributed by atoms with van der Waals surface area (Å²) in [6, 6.07) is 6.84. The first-order valence-corrected chi connectivity index (χ1v) is 8.71. The van der Waals surface area contributed by atoms with Crippen LogP contribution in [-0.2, 0) is 14.3 Å². The van der Waals surface area contributed by atoms with Crippen LogP contribution in [0.4, 0.5) is 11.4 Å². The van der Waals surface area contributed by atoms with Gasteiger partial charge in [-0.05, 0) is 38.0 Å². The third-order valence-corrected chi connectivity index (χ3v) is 4.46. The van der Waals surface area contributed by atoms with Crippen LogP contribution in [0, 0.1) is 17.2 Å². The number of nitrogens with zero attached hydrogens (tertiary/aromatic N) is 2. The minimum Gasteiger partial charge on any atom is -0.466 e. The van der Waals surface area contributed by atoms with Gasteiger partial charge in [0.05, 0.1) is 23.2 Å². The standard InChI is InChI=1S/C18H21ClN4O3/c1-2-26-18(25)12-5-7-23(8-6-12)17(24)13(10-20)11-22-14-3-4-16(21)15(19)9-14/h3-4,9,11-12,22H,2,5-8,21H2,1H3/b13-11-. The zero-order chi connectivity index (χ0) is 19.1. The number of carbonyl (C=O) groups excluding carboxylic acids is 2. The first-order valence-electron chi connectivity index (χ1n) is 8.34. The van der Waals surface area contributed by atoms with Gasteiger partial charge in [0.15, 0.2) is 0 Å². The van der Waals surface area contributed by atoms with E-state index in [2.05, 4.69) is 5.32 Å². The lowest BCUT2D eigenvalue weighted by Gasteiger charge is -2.30. The summed E-state index contributed by atoms with van der Waals surface area (Å²) < 4.78 is 5.02. The van der Waals surface area contributed by atoms with E-state index in [9.17, 15) is 14.9 Å². The number of nitrogen functional groups attached to an aromatic ring is 1. The number of nitriles is 1. The predicted molar refractivity (Wildman–Crippen MR) is 99.1 cm³/mol. The highest BCUT2D eigenvalue weighted by molar-refractivity contribution is 6.33. The van der Waals surface area contributed by atoms with Gasteiger partial charge in [0.2, 0.25) is 0 Å². The van der Waals surface area contributed by atoms with Crippen LogP contribution in [0.3, 0.4) is 0 Å². The lowest BCUT2D eigenvalue weighted by molar-refractivity contribution is -0.150. The van der Waals surface area contributed by atoms with Crippen LogP contribution in [0.2, 0.25) is 5.02 Å². The number of amides is 1. The number of anilines is 2. The van der Waals surface area contributed by atoms with Gasteiger partial charge >= 0.3 is 5.97 Å². The Bertz CT molecular complexity index is 749. The van der Waals surface area contributed by atoms with Crippen molar-refractivity contribution in [2.24, 2.45) is 5.92 Å². The highest BCUT2D eigenvalue weighted by Gasteiger charge is 2.29. The average molecular weight is 377 g/mol. The molecule has 0 spiro atoms. The molecule has 138 valence electrons. The number of piperidine rings is 1. The zero-order valence-corrected chi connectivity index (χ0v) is 15.3. The third kappa shape index (κ3) is 4.90. The van der Waals surface area contributed by atoms with Crippen molar-refractivity contribution in [2.45, 2.75) is 19.8 Å². The number of hydrogen-bond acceptors (Lipinski definition) is 6. The molecule has 8 heteroatoms. The highest BCUT2D eigenvalue weighted by atomic mass is 35.5. The first kappa shape index (κ1) is 19.6. The molecule has 1 amide bonds. The summed E-state index contributed by atoms with van der Waals surface area (Å²) in [4.78, 5) is 25.8. The lowest BCUT2D eigenvalue weighted by Crippen LogP contribution is -2.41. The van der Waals surface area contributed by atoms with Gasteiger partial charge < -0.3 is 20.7 Å². The number of likely N-dealkylation sites (tertiary alicyclic amines) is 1. The topological polar surface area (TPSA) is 108 Å². The molecule has 0 bridgehead atoms. The van der Waals surface area contributed by atoms with E-state index in [4.69, 9.17) is 22.1 Å². The van der Waals surface area contributed by atoms with Crippen molar-refractivity contribution in [3.8, 4) is 6.07 Å². The van der Waals surface area contributed by atoms with Gasteiger partial charge in [0, 0.05) is 25.0 Å². The van der Waals surface area contributed by atoms with Gasteiger partial charge in [-0.25, -0.2) is 0 Å². The van der Waals surface area contributed by atoms with Crippen LogP contribution < -0.4 is 11.1 Å². The van der Waals surface area contributed by atoms with Crippen LogP contribution >= 0.6 is 11.6 Å². The summed E-state index contributed by atoms with van der Waals surface area (Å²) in [5.41, 5.74) is 6.69. The van der Waals surface area contributed by atoms with Crippen molar-refractivity contribution in [2.75, 3.05) is 30.7 Å². The maximum atomic E-state index is 12.5. The molecule has 1 aromatic carbocycles. The summed E-state index contributed by atoms with van der Waals surface area (Å²) >= 11 is 5.95. The molecule has 1 heterocycles. The van der Waals surface area contributed by atoms with Gasteiger partial charge in [0.25, 0.3) is 5.91 Å². The zero-order valence-electron chi connectivity index (χ0n) is 14.5. The smallest absolute Gasteiger partial charge is 0.309 e. The van der Waals surface area contributed by atoms with Gasteiger partial charge in [-0.1, -0.05) is 11.6 Å². The van der Waals surface area contributed by atoms with E-state index < -0.39 is 0 Å². The molecule has 0 radical (unpaired) electrons. The van der Waals surface area contributed by atoms with E-state index in [1.165, 1.54) is 6.20 Å². The summed E-state index contributed by atoms with van der Waals surface area (Å²) in [7, 11) is 0. The molecule has 1 aliphatic heterocycles. The highest BCUT2D eigenvalue weighted by Crippen LogP contribution is 2.23. The first-order chi connectivity index (χ1) is 12.5. The van der Waals surface area contributed by atoms with E-state index in [1.807, 2.05) is 6.07 Å². The minimum atomic E-state index is -0.371. The molecule has 1 saturated heterocycles. The van der Waals surface area contributed by atoms with Crippen molar-refractivity contribution in [3.63, 3.8) is 0 Å². The van der Waals surface area contributed by atoms with Gasteiger partial charge in [-0.3, -0.25) is 9.59 Å². The Labute approximate surface area is 157 Å². The molecule has 0 unspecified atom stereocenters. The number of carbonyl (C=O) groups is 2. The Morgan fingerprint density at radius 3 is 2.73 bits per heavy atom. The number of halogens is 1. The molecule has 1 aromatic rings. The van der Waals surface area contributed by atoms with Gasteiger partial charge in [-0.2, -0.15) is 5.26 Å². The summed E-state index contributed by atoms with van der Waals surface area (Å²) in [6.45, 7) is 2.94. The molecular weight excluding hydrogens is 356 g/mol. The Balaban J connectivity index is 1.97. The second-order valence-electron chi connectivity index (χ2n) is 5.87. The molecule has 1 fully saturated rings. The van der Waals surface area contributed by atoms with E-state index >= 15 is 0 Å². The van der Waals surface area contributed by atoms with E-state index in [1.54, 1.807) is 30.0 Å². The molecule has 26 heavy (non-hydrogen) atoms. The van der Waals surface area contributed by atoms with E-state index in [-0.39, 0.29) is 23.4 Å². The SMILES string of the molecule is CCOC(=O)C1CCN(C(=O)/C(C#N)=C\Nc2ccc(N)c(Cl)c2)CC1. The van der Waals surface area contributed by atoms with Crippen LogP contribution in [0.5, 0.6) is 0 Å². The molecule has 2 rings (SSSR count). The second kappa shape index (κ2) is 9.11. The Morgan fingerprint density at radius 1 is 1.46 bits per heavy atom. The van der Waals surface area contributed by atoms with Crippen LogP contribution in [0.25, 0.3) is 0 Å². The molecule has 7 nitrogen and oxygen atoms in total. The van der Waals surface area contributed by atoms with Crippen molar-refractivity contribution in [1.29, 1.82) is 5.26 Å². The van der Waals surface area contributed by atoms with Crippen LogP contribution in [0.15, 0.2) is 30.0 Å². The maximum Gasteiger partial charge on any atom is 0.309 e. The number of benzene rings is 1. The quantitative estimate of drug-likeness (QED) is 0.354. The molecule has 0 aliphatic carbocycles. The molecule has 0 atom stereocenters. The van der Waals surface area contributed by atoms with Crippen molar-refractivity contribution < 1.29 is 14.3 Å². The Hall–Kier alpha value is -2.72. The number of ether oxygens (including phenoxy) is 1. The lowest BCUT2D eigenvalue weighted by atomic mass is 9.96. The predicted octanol–water partition coefficient (Wildman–Crippen LogP) is 2.54. The second-order valence-corrected chi connectivity index (χ2v) is 6.28. The molecule has 0 aromatic heterocycles. The van der Waals surface area contributed by atoms with Crippen LogP contribution in [0.1, 0.15) is 19.8 Å². The van der Waals surface area contributed by atoms with Gasteiger partial charge in [0.1, 0.15) is 11.6 Å². The molecule has 1 aliphatic rings. The normalized spacial score (nSPS) is 15.3. The van der Waals surface area contributed by atoms with Crippen molar-refractivity contribution in [3.05, 3.63) is 35.0 Å². The fourth-order valence-corrected chi connectivity index (χ4v) is 2.84. The van der Waals surface area contributed by atoms with Gasteiger partial charge in [-0.15, -0.1) is 0 Å². The fraction of sp³-hybridized carbons (Fsp3) is 0.389. The monoisotopic (exact) mass is 376 g/mol. The summed E-state index contributed by atoms with van der Waals surface area (Å²) in [5.74, 6) is -0.787. The number of nitrogens with two attached hydrogens (primary N) is 1. The minimum absolute atomic E-state index is 0.0208. The number of esters is 1. The number of rotatable bonds is 5. The third-order valence-electron chi connectivity index (χ3n) is 4.14. The van der Waals surface area contributed by atoms with Crippen LogP contribution in [-0.4, -0.2) is 36.5 Å². The van der Waals surface area contributed by atoms with E-state index in [0.29, 0.717) is 48.9 Å². The van der Waals surface area contributed by atoms with Crippen molar-refractivity contribution >= 4 is 34.9 Å². The largest absolute Gasteiger partial charge is 0.466 e. The number of hydrogen-bond donors (Lipinski definition) is 2. The van der Waals surface area contributed by atoms with E-state index in [0.717, 1.165) is 0 Å². The Morgan fingerprint density at radius 2 is 2.15 bits per heavy atom. The maximum absolute atomic E-state index is 12.5. The number of nitrogens with one attached hydrogen (secondary N) is 1. The fourth-order valence-electron chi connectivity index (χ4n) is 2.66. The summed E-state index contributed by atoms with van der Waals surface area (Å²) in [6.07, 6.45) is 2.41. The average Bonchev–Trinajstić information content (AvgIpc) is 2.65. The summed E-state index contributed by atoms with van der Waals surface area (Å²) in [5, 5.41) is 12.6. The van der Waals surface area contributed by atoms with Crippen molar-refractivity contribution in [1.82, 2.24) is 4.90 Å².